The van der Waals surface area contributed by atoms with E-state index in [0.29, 0.717) is 32.9 Å². The van der Waals surface area contributed by atoms with E-state index in [2.05, 4.69) is 21.2 Å². The van der Waals surface area contributed by atoms with Gasteiger partial charge in [-0.15, -0.1) is 0 Å². The van der Waals surface area contributed by atoms with E-state index in [4.69, 9.17) is 9.47 Å². The quantitative estimate of drug-likeness (QED) is 0.144. The maximum atomic E-state index is 13.6. The number of aryl methyl sites for hydroxylation is 1. The number of halogens is 2. The van der Waals surface area contributed by atoms with Crippen molar-refractivity contribution < 1.29 is 28.2 Å². The Labute approximate surface area is 226 Å². The third kappa shape index (κ3) is 8.27. The molecule has 0 bridgehead atoms. The normalized spacial score (nSPS) is 10.6. The van der Waals surface area contributed by atoms with E-state index in [0.717, 1.165) is 11.6 Å². The first-order valence-electron chi connectivity index (χ1n) is 11.1. The van der Waals surface area contributed by atoms with Gasteiger partial charge in [-0.25, -0.2) is 9.82 Å². The zero-order chi connectivity index (χ0) is 26.8. The fourth-order valence-corrected chi connectivity index (χ4v) is 3.86. The Balaban J connectivity index is 1.62. The molecule has 37 heavy (non-hydrogen) atoms. The molecule has 0 spiro atoms. The molecule has 3 aromatic carbocycles. The summed E-state index contributed by atoms with van der Waals surface area (Å²) in [6.07, 6.45) is 1.31. The van der Waals surface area contributed by atoms with Gasteiger partial charge in [-0.3, -0.25) is 14.4 Å². The van der Waals surface area contributed by atoms with Crippen molar-refractivity contribution in [1.29, 1.82) is 0 Å². The number of rotatable bonds is 9. The number of benzene rings is 3. The first kappa shape index (κ1) is 27.6. The van der Waals surface area contributed by atoms with E-state index in [9.17, 15) is 18.8 Å². The molecule has 0 aromatic heterocycles. The number of nitrogens with zero attached hydrogens (tertiary/aromatic N) is 1. The number of para-hydroxylation sites is 1. The topological polar surface area (TPSA) is 118 Å². The molecule has 11 heteroatoms. The number of amides is 3. The second-order valence-corrected chi connectivity index (χ2v) is 8.76. The van der Waals surface area contributed by atoms with E-state index in [-0.39, 0.29) is 18.2 Å². The minimum Gasteiger partial charge on any atom is -0.490 e. The number of hydrogen-bond donors (Lipinski definition) is 3. The molecule has 0 atom stereocenters. The largest absolute Gasteiger partial charge is 0.490 e. The highest BCUT2D eigenvalue weighted by Crippen LogP contribution is 2.34. The Morgan fingerprint density at radius 2 is 1.78 bits per heavy atom. The summed E-state index contributed by atoms with van der Waals surface area (Å²) in [4.78, 5) is 36.3. The van der Waals surface area contributed by atoms with Crippen LogP contribution in [0.3, 0.4) is 0 Å². The molecule has 9 nitrogen and oxygen atoms in total. The van der Waals surface area contributed by atoms with E-state index in [1.165, 1.54) is 24.4 Å². The van der Waals surface area contributed by atoms with Crippen molar-refractivity contribution in [2.24, 2.45) is 5.10 Å². The van der Waals surface area contributed by atoms with Gasteiger partial charge in [-0.2, -0.15) is 5.10 Å². The number of hydrogen-bond acceptors (Lipinski definition) is 6. The van der Waals surface area contributed by atoms with Gasteiger partial charge in [0.2, 0.25) is 0 Å². The lowest BCUT2D eigenvalue weighted by Gasteiger charge is -2.14. The number of anilines is 2. The second-order valence-electron chi connectivity index (χ2n) is 7.60. The molecule has 3 aromatic rings. The van der Waals surface area contributed by atoms with Gasteiger partial charge in [0.15, 0.2) is 18.1 Å². The summed E-state index contributed by atoms with van der Waals surface area (Å²) in [6, 6.07) is 16.2. The van der Waals surface area contributed by atoms with Crippen molar-refractivity contribution in [2.75, 3.05) is 23.8 Å². The van der Waals surface area contributed by atoms with Crippen LogP contribution in [0.5, 0.6) is 11.5 Å². The summed E-state index contributed by atoms with van der Waals surface area (Å²) in [7, 11) is 0. The molecule has 3 rings (SSSR count). The third-order valence-corrected chi connectivity index (χ3v) is 5.49. The first-order chi connectivity index (χ1) is 17.8. The van der Waals surface area contributed by atoms with Crippen LogP contribution in [0.2, 0.25) is 0 Å². The molecule has 0 radical (unpaired) electrons. The Bertz CT molecular complexity index is 1330. The SMILES string of the molecule is CCOc1cc(/C=N\NC(=O)C(=O)Nc2ccccc2F)cc(I)c1OCC(=O)Nc1cccc(C)c1. The van der Waals surface area contributed by atoms with Crippen LogP contribution in [0.15, 0.2) is 65.8 Å². The molecule has 0 aliphatic rings. The number of hydrazone groups is 1. The molecule has 3 amide bonds. The molecule has 0 fully saturated rings. The molecule has 0 aliphatic carbocycles. The summed E-state index contributed by atoms with van der Waals surface area (Å²) < 4.78 is 25.7. The monoisotopic (exact) mass is 618 g/mol. The highest BCUT2D eigenvalue weighted by molar-refractivity contribution is 14.1. The zero-order valence-electron chi connectivity index (χ0n) is 20.0. The van der Waals surface area contributed by atoms with Gasteiger partial charge < -0.3 is 20.1 Å². The van der Waals surface area contributed by atoms with Crippen LogP contribution >= 0.6 is 22.6 Å². The first-order valence-corrected chi connectivity index (χ1v) is 12.2. The molecule has 0 unspecified atom stereocenters. The van der Waals surface area contributed by atoms with Crippen LogP contribution in [0.4, 0.5) is 15.8 Å². The lowest BCUT2D eigenvalue weighted by atomic mass is 10.2. The average Bonchev–Trinajstić information content (AvgIpc) is 2.85. The Morgan fingerprint density at radius 1 is 1.00 bits per heavy atom. The number of carbonyl (C=O) groups excluding carboxylic acids is 3. The maximum Gasteiger partial charge on any atom is 0.329 e. The van der Waals surface area contributed by atoms with Crippen molar-refractivity contribution in [2.45, 2.75) is 13.8 Å². The number of nitrogens with one attached hydrogen (secondary N) is 3. The number of ether oxygens (including phenoxy) is 2. The van der Waals surface area contributed by atoms with Gasteiger partial charge in [-0.1, -0.05) is 24.3 Å². The zero-order valence-corrected chi connectivity index (χ0v) is 22.2. The molecule has 0 saturated carbocycles. The standard InChI is InChI=1S/C26H24FIN4O5/c1-3-36-22-13-17(14-29-32-26(35)25(34)31-21-10-5-4-9-19(21)27)12-20(28)24(22)37-15-23(33)30-18-8-6-7-16(2)11-18/h4-14H,3,15H2,1-2H3,(H,30,33)(H,31,34)(H,32,35)/b29-14-. The lowest BCUT2D eigenvalue weighted by Crippen LogP contribution is -2.32. The second kappa shape index (κ2) is 13.3. The predicted octanol–water partition coefficient (Wildman–Crippen LogP) is 4.24. The van der Waals surface area contributed by atoms with Crippen molar-refractivity contribution in [1.82, 2.24) is 5.43 Å². The molecular weight excluding hydrogens is 594 g/mol. The van der Waals surface area contributed by atoms with E-state index >= 15 is 0 Å². The van der Waals surface area contributed by atoms with Gasteiger partial charge >= 0.3 is 11.8 Å². The molecule has 192 valence electrons. The van der Waals surface area contributed by atoms with Crippen LogP contribution in [-0.2, 0) is 14.4 Å². The molecule has 0 heterocycles. The van der Waals surface area contributed by atoms with Crippen LogP contribution in [0.1, 0.15) is 18.1 Å². The van der Waals surface area contributed by atoms with Gasteiger partial charge in [0.05, 0.1) is 22.1 Å². The molecule has 0 saturated heterocycles. The van der Waals surface area contributed by atoms with Crippen molar-refractivity contribution in [3.63, 3.8) is 0 Å². The lowest BCUT2D eigenvalue weighted by molar-refractivity contribution is -0.136. The van der Waals surface area contributed by atoms with E-state index in [1.807, 2.05) is 47.7 Å². The van der Waals surface area contributed by atoms with E-state index in [1.54, 1.807) is 25.1 Å². The Morgan fingerprint density at radius 3 is 2.51 bits per heavy atom. The van der Waals surface area contributed by atoms with Gasteiger partial charge in [0, 0.05) is 5.69 Å². The predicted molar refractivity (Wildman–Crippen MR) is 146 cm³/mol. The summed E-state index contributed by atoms with van der Waals surface area (Å²) in [5, 5.41) is 8.73. The number of carbonyl (C=O) groups is 3. The summed E-state index contributed by atoms with van der Waals surface area (Å²) >= 11 is 2.03. The highest BCUT2D eigenvalue weighted by atomic mass is 127. The Kier molecular flexibility index (Phi) is 9.95. The van der Waals surface area contributed by atoms with Crippen LogP contribution < -0.4 is 25.5 Å². The van der Waals surface area contributed by atoms with Gasteiger partial charge in [0.1, 0.15) is 5.82 Å². The molecular formula is C26H24FIN4O5. The smallest absolute Gasteiger partial charge is 0.329 e. The van der Waals surface area contributed by atoms with E-state index < -0.39 is 17.6 Å². The van der Waals surface area contributed by atoms with Gasteiger partial charge in [0.25, 0.3) is 5.91 Å². The van der Waals surface area contributed by atoms with Crippen LogP contribution in [0.25, 0.3) is 0 Å². The van der Waals surface area contributed by atoms with Crippen LogP contribution in [0, 0.1) is 16.3 Å². The summed E-state index contributed by atoms with van der Waals surface area (Å²) in [6.45, 7) is 3.84. The fraction of sp³-hybridized carbons (Fsp3) is 0.154. The average molecular weight is 618 g/mol. The minimum absolute atomic E-state index is 0.120. The van der Waals surface area contributed by atoms with Crippen LogP contribution in [-0.4, -0.2) is 37.1 Å². The van der Waals surface area contributed by atoms with Crippen molar-refractivity contribution in [3.05, 3.63) is 81.2 Å². The molecule has 3 N–H and O–H groups in total. The maximum absolute atomic E-state index is 13.6. The Hall–Kier alpha value is -4.00. The summed E-state index contributed by atoms with van der Waals surface area (Å²) in [5.41, 5.74) is 4.20. The highest BCUT2D eigenvalue weighted by Gasteiger charge is 2.16. The summed E-state index contributed by atoms with van der Waals surface area (Å²) in [5.74, 6) is -2.38. The third-order valence-electron chi connectivity index (χ3n) is 4.69. The fourth-order valence-electron chi connectivity index (χ4n) is 3.08. The van der Waals surface area contributed by atoms with Crippen molar-refractivity contribution in [3.8, 4) is 11.5 Å². The van der Waals surface area contributed by atoms with Gasteiger partial charge in [-0.05, 0) is 84.0 Å². The minimum atomic E-state index is -1.07. The van der Waals surface area contributed by atoms with Crippen molar-refractivity contribution >= 4 is 57.9 Å². The molecule has 0 aliphatic heterocycles.